The first-order valence-corrected chi connectivity index (χ1v) is 5.03. The van der Waals surface area contributed by atoms with Crippen LogP contribution in [-0.4, -0.2) is 16.2 Å². The van der Waals surface area contributed by atoms with Gasteiger partial charge in [0.25, 0.3) is 0 Å². The summed E-state index contributed by atoms with van der Waals surface area (Å²) in [6, 6.07) is 2.83. The fraction of sp³-hybridized carbons (Fsp3) is 0.125. The Kier molecular flexibility index (Phi) is 3.78. The monoisotopic (exact) mass is 298 g/mol. The summed E-state index contributed by atoms with van der Waals surface area (Å²) in [6.45, 7) is 0. The molecule has 0 saturated carbocycles. The molecule has 0 saturated heterocycles. The third-order valence-corrected chi connectivity index (χ3v) is 3.04. The lowest BCUT2D eigenvalue weighted by Crippen LogP contribution is -2.11. The number of rotatable bonds is 2. The van der Waals surface area contributed by atoms with Gasteiger partial charge >= 0.3 is 5.97 Å². The van der Waals surface area contributed by atoms with Gasteiger partial charge in [-0.3, -0.25) is 0 Å². The van der Waals surface area contributed by atoms with Crippen molar-refractivity contribution < 1.29 is 15.0 Å². The number of carbonyl (C=O) groups is 1. The van der Waals surface area contributed by atoms with Gasteiger partial charge in [-0.2, -0.15) is 0 Å². The topological polar surface area (TPSA) is 57.5 Å². The first kappa shape index (κ1) is 11.8. The Bertz CT molecular complexity index is 381. The van der Waals surface area contributed by atoms with Gasteiger partial charge in [-0.25, -0.2) is 4.79 Å². The minimum atomic E-state index is -1.67. The van der Waals surface area contributed by atoms with Gasteiger partial charge in [0.15, 0.2) is 6.10 Å². The number of benzene rings is 1. The highest BCUT2D eigenvalue weighted by Gasteiger charge is 2.20. The summed E-state index contributed by atoms with van der Waals surface area (Å²) < 4.78 is 0.446. The van der Waals surface area contributed by atoms with E-state index < -0.39 is 12.1 Å². The second-order valence-electron chi connectivity index (χ2n) is 2.53. The molecule has 0 aliphatic carbocycles. The molecule has 2 N–H and O–H groups in total. The molecule has 1 aromatic carbocycles. The van der Waals surface area contributed by atoms with Gasteiger partial charge in [-0.15, -0.1) is 0 Å². The summed E-state index contributed by atoms with van der Waals surface area (Å²) in [7, 11) is 0. The summed E-state index contributed by atoms with van der Waals surface area (Å²) in [4.78, 5) is 10.5. The molecule has 3 nitrogen and oxygen atoms in total. The molecule has 0 aromatic heterocycles. The number of aliphatic carboxylic acids is 1. The van der Waals surface area contributed by atoms with Gasteiger partial charge in [-0.1, -0.05) is 23.2 Å². The van der Waals surface area contributed by atoms with Crippen molar-refractivity contribution in [1.29, 1.82) is 0 Å². The Morgan fingerprint density at radius 1 is 1.43 bits per heavy atom. The van der Waals surface area contributed by atoms with Crippen LogP contribution in [0.15, 0.2) is 16.6 Å². The maximum atomic E-state index is 10.5. The number of aliphatic hydroxyl groups excluding tert-OH is 1. The van der Waals surface area contributed by atoms with Gasteiger partial charge in [0.2, 0.25) is 0 Å². The molecule has 0 aliphatic heterocycles. The van der Waals surface area contributed by atoms with Crippen molar-refractivity contribution in [3.63, 3.8) is 0 Å². The molecule has 0 bridgehead atoms. The van der Waals surface area contributed by atoms with E-state index in [1.165, 1.54) is 12.1 Å². The summed E-state index contributed by atoms with van der Waals surface area (Å²) in [6.07, 6.45) is -1.67. The molecule has 1 unspecified atom stereocenters. The Balaban J connectivity index is 3.26. The van der Waals surface area contributed by atoms with Gasteiger partial charge in [0.05, 0.1) is 5.02 Å². The minimum Gasteiger partial charge on any atom is -0.479 e. The van der Waals surface area contributed by atoms with Crippen LogP contribution in [0.3, 0.4) is 0 Å². The SMILES string of the molecule is O=C(O)C(O)c1cc(Cl)cc(Br)c1Cl. The van der Waals surface area contributed by atoms with Crippen LogP contribution in [0.25, 0.3) is 0 Å². The molecular weight excluding hydrogens is 295 g/mol. The predicted molar refractivity (Wildman–Crippen MR) is 56.8 cm³/mol. The van der Waals surface area contributed by atoms with E-state index in [1.54, 1.807) is 0 Å². The van der Waals surface area contributed by atoms with Crippen molar-refractivity contribution in [2.45, 2.75) is 6.10 Å². The van der Waals surface area contributed by atoms with Crippen LogP contribution in [-0.2, 0) is 4.79 Å². The molecule has 1 aromatic rings. The molecule has 0 amide bonds. The second-order valence-corrected chi connectivity index (χ2v) is 4.20. The van der Waals surface area contributed by atoms with Gasteiger partial charge in [0.1, 0.15) is 0 Å². The molecule has 6 heteroatoms. The van der Waals surface area contributed by atoms with Gasteiger partial charge in [0, 0.05) is 15.1 Å². The number of halogens is 3. The van der Waals surface area contributed by atoms with E-state index in [4.69, 9.17) is 28.3 Å². The lowest BCUT2D eigenvalue weighted by Gasteiger charge is -2.09. The number of hydrogen-bond donors (Lipinski definition) is 2. The Morgan fingerprint density at radius 3 is 2.50 bits per heavy atom. The van der Waals surface area contributed by atoms with Gasteiger partial charge in [-0.05, 0) is 28.1 Å². The summed E-state index contributed by atoms with van der Waals surface area (Å²) in [5.41, 5.74) is 0.0681. The molecule has 1 rings (SSSR count). The molecule has 76 valence electrons. The second kappa shape index (κ2) is 4.49. The van der Waals surface area contributed by atoms with E-state index in [0.717, 1.165) is 0 Å². The van der Waals surface area contributed by atoms with E-state index in [1.807, 2.05) is 0 Å². The minimum absolute atomic E-state index is 0.0681. The first-order valence-electron chi connectivity index (χ1n) is 3.48. The van der Waals surface area contributed by atoms with Gasteiger partial charge < -0.3 is 10.2 Å². The van der Waals surface area contributed by atoms with E-state index in [0.29, 0.717) is 9.50 Å². The van der Waals surface area contributed by atoms with Crippen molar-refractivity contribution >= 4 is 45.1 Å². The van der Waals surface area contributed by atoms with E-state index in [-0.39, 0.29) is 10.6 Å². The van der Waals surface area contributed by atoms with Crippen LogP contribution in [0.4, 0.5) is 0 Å². The maximum absolute atomic E-state index is 10.5. The van der Waals surface area contributed by atoms with Crippen LogP contribution in [0.1, 0.15) is 11.7 Å². The Hall–Kier alpha value is -0.290. The highest BCUT2D eigenvalue weighted by Crippen LogP contribution is 2.33. The van der Waals surface area contributed by atoms with E-state index in [9.17, 15) is 9.90 Å². The van der Waals surface area contributed by atoms with Crippen LogP contribution in [0, 0.1) is 0 Å². The molecule has 0 heterocycles. The highest BCUT2D eigenvalue weighted by atomic mass is 79.9. The average molecular weight is 300 g/mol. The normalized spacial score (nSPS) is 12.6. The maximum Gasteiger partial charge on any atom is 0.337 e. The van der Waals surface area contributed by atoms with E-state index in [2.05, 4.69) is 15.9 Å². The zero-order valence-corrected chi connectivity index (χ0v) is 9.77. The number of carboxylic acids is 1. The molecule has 0 aliphatic rings. The number of carboxylic acid groups (broad SMARTS) is 1. The third-order valence-electron chi connectivity index (χ3n) is 1.55. The fourth-order valence-corrected chi connectivity index (χ4v) is 1.95. The van der Waals surface area contributed by atoms with E-state index >= 15 is 0 Å². The summed E-state index contributed by atoms with van der Waals surface area (Å²) in [5, 5.41) is 18.3. The smallest absolute Gasteiger partial charge is 0.337 e. The third kappa shape index (κ3) is 2.39. The number of aliphatic hydroxyl groups is 1. The molecule has 14 heavy (non-hydrogen) atoms. The van der Waals surface area contributed by atoms with Crippen LogP contribution in [0.5, 0.6) is 0 Å². The lowest BCUT2D eigenvalue weighted by atomic mass is 10.1. The average Bonchev–Trinajstić information content (AvgIpc) is 2.09. The summed E-state index contributed by atoms with van der Waals surface area (Å²) in [5.74, 6) is -1.37. The lowest BCUT2D eigenvalue weighted by molar-refractivity contribution is -0.146. The molecular formula is C8H5BrCl2O3. The molecule has 0 radical (unpaired) electrons. The molecule has 0 fully saturated rings. The first-order chi connectivity index (χ1) is 6.43. The van der Waals surface area contributed by atoms with Crippen molar-refractivity contribution in [1.82, 2.24) is 0 Å². The van der Waals surface area contributed by atoms with Crippen LogP contribution < -0.4 is 0 Å². The highest BCUT2D eigenvalue weighted by molar-refractivity contribution is 9.10. The van der Waals surface area contributed by atoms with Crippen molar-refractivity contribution in [2.24, 2.45) is 0 Å². The Labute approximate surface area is 98.4 Å². The fourth-order valence-electron chi connectivity index (χ4n) is 0.908. The van der Waals surface area contributed by atoms with Crippen molar-refractivity contribution in [3.05, 3.63) is 32.2 Å². The van der Waals surface area contributed by atoms with Crippen LogP contribution >= 0.6 is 39.1 Å². The number of hydrogen-bond acceptors (Lipinski definition) is 2. The van der Waals surface area contributed by atoms with Crippen LogP contribution in [0.2, 0.25) is 10.0 Å². The molecule has 1 atom stereocenters. The van der Waals surface area contributed by atoms with Crippen molar-refractivity contribution in [3.8, 4) is 0 Å². The Morgan fingerprint density at radius 2 is 2.00 bits per heavy atom. The predicted octanol–water partition coefficient (Wildman–Crippen LogP) is 2.87. The largest absolute Gasteiger partial charge is 0.479 e. The van der Waals surface area contributed by atoms with Crippen molar-refractivity contribution in [2.75, 3.05) is 0 Å². The standard InChI is InChI=1S/C8H5BrCl2O3/c9-5-2-3(10)1-4(6(5)11)7(12)8(13)14/h1-2,7,12H,(H,13,14). The quantitative estimate of drug-likeness (QED) is 0.826. The zero-order chi connectivity index (χ0) is 10.9. The molecule has 0 spiro atoms. The summed E-state index contributed by atoms with van der Waals surface area (Å²) >= 11 is 14.5. The zero-order valence-electron chi connectivity index (χ0n) is 6.67.